The standard InChI is InChI=1S/C15H12F5N.ClH/c16-14(17,15(18,19)20)13(21)12-8-6-11(7-9-12)10-4-2-1-3-5-10;/h1-9,13H,21H2;1H/t13-;/m0./s1. The Balaban J connectivity index is 0.00000242. The third-order valence-electron chi connectivity index (χ3n) is 3.15. The first kappa shape index (κ1) is 18.4. The van der Waals surface area contributed by atoms with Crippen LogP contribution in [0.25, 0.3) is 11.1 Å². The highest BCUT2D eigenvalue weighted by atomic mass is 35.5. The van der Waals surface area contributed by atoms with Crippen LogP contribution in [-0.4, -0.2) is 12.1 Å². The lowest BCUT2D eigenvalue weighted by Crippen LogP contribution is -2.45. The molecule has 0 heterocycles. The van der Waals surface area contributed by atoms with Crippen molar-refractivity contribution in [3.63, 3.8) is 0 Å². The summed E-state index contributed by atoms with van der Waals surface area (Å²) in [5.74, 6) is -4.97. The Morgan fingerprint density at radius 3 is 1.64 bits per heavy atom. The van der Waals surface area contributed by atoms with Gasteiger partial charge in [-0.15, -0.1) is 12.4 Å². The van der Waals surface area contributed by atoms with E-state index in [-0.39, 0.29) is 18.0 Å². The Morgan fingerprint density at radius 2 is 1.18 bits per heavy atom. The van der Waals surface area contributed by atoms with Crippen molar-refractivity contribution in [2.75, 3.05) is 0 Å². The molecule has 2 aromatic rings. The minimum atomic E-state index is -5.68. The zero-order chi connectivity index (χ0) is 15.7. The molecule has 0 aliphatic heterocycles. The maximum Gasteiger partial charge on any atom is 0.455 e. The molecule has 0 aliphatic carbocycles. The van der Waals surface area contributed by atoms with Crippen LogP contribution in [0, 0.1) is 0 Å². The lowest BCUT2D eigenvalue weighted by atomic mass is 9.97. The average molecular weight is 338 g/mol. The summed E-state index contributed by atoms with van der Waals surface area (Å²) in [4.78, 5) is 0. The molecule has 0 radical (unpaired) electrons. The Kier molecular flexibility index (Phi) is 5.54. The van der Waals surface area contributed by atoms with Gasteiger partial charge in [0.25, 0.3) is 0 Å². The molecular weight excluding hydrogens is 325 g/mol. The van der Waals surface area contributed by atoms with Gasteiger partial charge in [0.05, 0.1) is 0 Å². The smallest absolute Gasteiger partial charge is 0.319 e. The van der Waals surface area contributed by atoms with E-state index >= 15 is 0 Å². The summed E-state index contributed by atoms with van der Waals surface area (Å²) in [6, 6.07) is 11.9. The zero-order valence-electron chi connectivity index (χ0n) is 11.1. The Morgan fingerprint density at radius 1 is 0.727 bits per heavy atom. The SMILES string of the molecule is Cl.N[C@@H](c1ccc(-c2ccccc2)cc1)C(F)(F)C(F)(F)F. The third-order valence-corrected chi connectivity index (χ3v) is 3.15. The van der Waals surface area contributed by atoms with Gasteiger partial charge in [-0.05, 0) is 16.7 Å². The van der Waals surface area contributed by atoms with Crippen molar-refractivity contribution < 1.29 is 22.0 Å². The fourth-order valence-corrected chi connectivity index (χ4v) is 1.90. The summed E-state index contributed by atoms with van der Waals surface area (Å²) in [6.07, 6.45) is -5.68. The number of halogens is 6. The molecule has 0 saturated heterocycles. The van der Waals surface area contributed by atoms with Gasteiger partial charge < -0.3 is 5.73 Å². The number of nitrogens with two attached hydrogens (primary N) is 1. The lowest BCUT2D eigenvalue weighted by Gasteiger charge is -2.26. The van der Waals surface area contributed by atoms with Crippen molar-refractivity contribution in [1.82, 2.24) is 0 Å². The van der Waals surface area contributed by atoms with E-state index in [2.05, 4.69) is 0 Å². The van der Waals surface area contributed by atoms with Gasteiger partial charge in [-0.1, -0.05) is 54.6 Å². The molecule has 0 spiro atoms. The Hall–Kier alpha value is -1.66. The Labute approximate surface area is 130 Å². The molecule has 2 aromatic carbocycles. The first-order valence-electron chi connectivity index (χ1n) is 6.09. The number of benzene rings is 2. The predicted molar refractivity (Wildman–Crippen MR) is 77.1 cm³/mol. The van der Waals surface area contributed by atoms with Gasteiger partial charge in [0.2, 0.25) is 0 Å². The molecule has 0 aromatic heterocycles. The molecule has 0 aliphatic rings. The van der Waals surface area contributed by atoms with Crippen LogP contribution in [0.3, 0.4) is 0 Å². The van der Waals surface area contributed by atoms with E-state index in [1.165, 1.54) is 24.3 Å². The minimum Gasteiger partial charge on any atom is -0.319 e. The van der Waals surface area contributed by atoms with E-state index in [1.54, 1.807) is 24.3 Å². The normalized spacial score (nSPS) is 13.4. The molecular formula is C15H13ClF5N. The summed E-state index contributed by atoms with van der Waals surface area (Å²) in [5, 5.41) is 0. The molecule has 22 heavy (non-hydrogen) atoms. The quantitative estimate of drug-likeness (QED) is 0.786. The maximum absolute atomic E-state index is 13.2. The van der Waals surface area contributed by atoms with Crippen LogP contribution in [0.2, 0.25) is 0 Å². The Bertz CT molecular complexity index is 596. The highest BCUT2D eigenvalue weighted by Gasteiger charge is 2.61. The molecule has 1 nitrogen and oxygen atoms in total. The third kappa shape index (κ3) is 3.56. The van der Waals surface area contributed by atoms with E-state index in [0.29, 0.717) is 5.56 Å². The second-order valence-corrected chi connectivity index (χ2v) is 4.59. The van der Waals surface area contributed by atoms with Crippen molar-refractivity contribution in [2.24, 2.45) is 5.73 Å². The monoisotopic (exact) mass is 337 g/mol. The van der Waals surface area contributed by atoms with Crippen LogP contribution >= 0.6 is 12.4 Å². The molecule has 7 heteroatoms. The number of hydrogen-bond acceptors (Lipinski definition) is 1. The molecule has 0 amide bonds. The molecule has 0 fully saturated rings. The van der Waals surface area contributed by atoms with Crippen molar-refractivity contribution in [3.05, 3.63) is 60.2 Å². The van der Waals surface area contributed by atoms with Crippen LogP contribution in [0.1, 0.15) is 11.6 Å². The summed E-state index contributed by atoms with van der Waals surface area (Å²) >= 11 is 0. The summed E-state index contributed by atoms with van der Waals surface area (Å²) in [6.45, 7) is 0. The summed E-state index contributed by atoms with van der Waals surface area (Å²) < 4.78 is 63.2. The molecule has 0 saturated carbocycles. The number of hydrogen-bond donors (Lipinski definition) is 1. The largest absolute Gasteiger partial charge is 0.455 e. The second kappa shape index (κ2) is 6.62. The first-order valence-corrected chi connectivity index (χ1v) is 6.09. The van der Waals surface area contributed by atoms with Crippen molar-refractivity contribution in [2.45, 2.75) is 18.1 Å². The van der Waals surface area contributed by atoms with Crippen molar-refractivity contribution in [3.8, 4) is 11.1 Å². The molecule has 2 rings (SSSR count). The fourth-order valence-electron chi connectivity index (χ4n) is 1.90. The van der Waals surface area contributed by atoms with Crippen LogP contribution in [0.5, 0.6) is 0 Å². The number of rotatable bonds is 3. The maximum atomic E-state index is 13.2. The highest BCUT2D eigenvalue weighted by molar-refractivity contribution is 5.85. The summed E-state index contributed by atoms with van der Waals surface area (Å²) in [5.41, 5.74) is 6.35. The van der Waals surface area contributed by atoms with E-state index in [4.69, 9.17) is 5.73 Å². The van der Waals surface area contributed by atoms with Crippen LogP contribution in [0.15, 0.2) is 54.6 Å². The fraction of sp³-hybridized carbons (Fsp3) is 0.200. The minimum absolute atomic E-state index is 0. The van der Waals surface area contributed by atoms with E-state index in [1.807, 2.05) is 6.07 Å². The van der Waals surface area contributed by atoms with E-state index < -0.39 is 18.1 Å². The average Bonchev–Trinajstić information content (AvgIpc) is 2.46. The van der Waals surface area contributed by atoms with E-state index in [0.717, 1.165) is 5.56 Å². The molecule has 0 unspecified atom stereocenters. The topological polar surface area (TPSA) is 26.0 Å². The van der Waals surface area contributed by atoms with Gasteiger partial charge >= 0.3 is 12.1 Å². The van der Waals surface area contributed by atoms with Gasteiger partial charge in [-0.3, -0.25) is 0 Å². The van der Waals surface area contributed by atoms with Gasteiger partial charge in [0.1, 0.15) is 6.04 Å². The van der Waals surface area contributed by atoms with Gasteiger partial charge in [0.15, 0.2) is 0 Å². The van der Waals surface area contributed by atoms with Crippen LogP contribution < -0.4 is 5.73 Å². The van der Waals surface area contributed by atoms with E-state index in [9.17, 15) is 22.0 Å². The van der Waals surface area contributed by atoms with Crippen molar-refractivity contribution in [1.29, 1.82) is 0 Å². The molecule has 120 valence electrons. The zero-order valence-corrected chi connectivity index (χ0v) is 12.0. The van der Waals surface area contributed by atoms with Gasteiger partial charge in [-0.2, -0.15) is 22.0 Å². The van der Waals surface area contributed by atoms with Crippen LogP contribution in [0.4, 0.5) is 22.0 Å². The van der Waals surface area contributed by atoms with Gasteiger partial charge in [0, 0.05) is 0 Å². The van der Waals surface area contributed by atoms with Gasteiger partial charge in [-0.25, -0.2) is 0 Å². The predicted octanol–water partition coefficient (Wildman–Crippen LogP) is 4.97. The van der Waals surface area contributed by atoms with Crippen molar-refractivity contribution >= 4 is 12.4 Å². The lowest BCUT2D eigenvalue weighted by molar-refractivity contribution is -0.291. The highest BCUT2D eigenvalue weighted by Crippen LogP contribution is 2.43. The first-order chi connectivity index (χ1) is 9.73. The number of alkyl halides is 5. The summed E-state index contributed by atoms with van der Waals surface area (Å²) in [7, 11) is 0. The second-order valence-electron chi connectivity index (χ2n) is 4.59. The van der Waals surface area contributed by atoms with Crippen LogP contribution in [-0.2, 0) is 0 Å². The molecule has 0 bridgehead atoms. The molecule has 2 N–H and O–H groups in total. The molecule has 1 atom stereocenters.